The molecule has 23 nitrogen and oxygen atoms in total. The summed E-state index contributed by atoms with van der Waals surface area (Å²) in [5.41, 5.74) is -1.18. The molecule has 75 heavy (non-hydrogen) atoms. The molecule has 29 unspecified atom stereocenters. The molecule has 4 aliphatic heterocycles. The van der Waals surface area contributed by atoms with E-state index >= 15 is 0 Å². The SMILES string of the molecule is CC1=CCC2(C(=O)OC3OC(COC4OC(CO)C(OC5OC(C)C(O)C(OC6OCC(O)C(O)C6O)C5O)C(O)C4O)C(O)C(O)C3O)CCC3(C)C(=CCC4C5(C)CC(O)C(O)C(C)(C=O)C5CCC43C)C2C1. The molecule has 13 N–H and O–H groups in total. The van der Waals surface area contributed by atoms with Crippen molar-refractivity contribution in [3.63, 3.8) is 0 Å². The van der Waals surface area contributed by atoms with Crippen molar-refractivity contribution in [2.24, 2.45) is 44.8 Å². The maximum atomic E-state index is 14.9. The third-order valence-corrected chi connectivity index (χ3v) is 20.3. The number of carbonyl (C=O) groups excluding carboxylic acids is 2. The van der Waals surface area contributed by atoms with Crippen molar-refractivity contribution in [1.29, 1.82) is 0 Å². The number of fused-ring (bicyclic) bond motifs is 7. The number of esters is 1. The minimum absolute atomic E-state index is 0.0536. The van der Waals surface area contributed by atoms with Crippen LogP contribution in [0.5, 0.6) is 0 Å². The molecule has 0 aromatic carbocycles. The first-order valence-corrected chi connectivity index (χ1v) is 26.5. The number of allylic oxidation sites excluding steroid dienone is 4. The average Bonchev–Trinajstić information content (AvgIpc) is 3.37. The van der Waals surface area contributed by atoms with Gasteiger partial charge in [0.1, 0.15) is 91.7 Å². The summed E-state index contributed by atoms with van der Waals surface area (Å²) in [4.78, 5) is 27.6. The third-order valence-electron chi connectivity index (χ3n) is 20.3. The first-order valence-electron chi connectivity index (χ1n) is 26.5. The molecule has 9 aliphatic rings. The molecule has 0 aromatic heterocycles. The van der Waals surface area contributed by atoms with Gasteiger partial charge in [0.15, 0.2) is 18.9 Å². The van der Waals surface area contributed by atoms with Gasteiger partial charge < -0.3 is 109 Å². The highest BCUT2D eigenvalue weighted by Crippen LogP contribution is 2.75. The number of aldehydes is 1. The number of aliphatic hydroxyl groups excluding tert-OH is 13. The Morgan fingerprint density at radius 1 is 0.707 bits per heavy atom. The van der Waals surface area contributed by atoms with Crippen molar-refractivity contribution < 1.29 is 114 Å². The highest BCUT2D eigenvalue weighted by molar-refractivity contribution is 5.79. The smallest absolute Gasteiger partial charge is 0.315 e. The summed E-state index contributed by atoms with van der Waals surface area (Å²) >= 11 is 0. The molecular formula is C52H80O23. The van der Waals surface area contributed by atoms with E-state index in [9.17, 15) is 76.0 Å². The molecule has 0 amide bonds. The van der Waals surface area contributed by atoms with Gasteiger partial charge in [-0.1, -0.05) is 51.0 Å². The van der Waals surface area contributed by atoms with Crippen LogP contribution in [0, 0.1) is 44.8 Å². The molecule has 0 radical (unpaired) electrons. The predicted molar refractivity (Wildman–Crippen MR) is 253 cm³/mol. The lowest BCUT2D eigenvalue weighted by molar-refractivity contribution is -0.375. The summed E-state index contributed by atoms with van der Waals surface area (Å²) in [6.45, 7) is 9.93. The summed E-state index contributed by atoms with van der Waals surface area (Å²) in [7, 11) is 0. The van der Waals surface area contributed by atoms with E-state index in [1.54, 1.807) is 6.92 Å². The van der Waals surface area contributed by atoms with Crippen LogP contribution in [0.3, 0.4) is 0 Å². The zero-order chi connectivity index (χ0) is 54.6. The molecule has 4 saturated heterocycles. The maximum Gasteiger partial charge on any atom is 0.315 e. The normalized spacial score (nSPS) is 55.0. The number of rotatable bonds is 11. The van der Waals surface area contributed by atoms with Crippen molar-refractivity contribution >= 4 is 12.3 Å². The van der Waals surface area contributed by atoms with Crippen LogP contribution in [0.4, 0.5) is 0 Å². The second-order valence-electron chi connectivity index (χ2n) is 24.3. The Morgan fingerprint density at radius 2 is 1.37 bits per heavy atom. The lowest BCUT2D eigenvalue weighted by Crippen LogP contribution is -2.67. The van der Waals surface area contributed by atoms with E-state index in [-0.39, 0.29) is 23.2 Å². The molecule has 5 aliphatic carbocycles. The van der Waals surface area contributed by atoms with Gasteiger partial charge in [-0.3, -0.25) is 4.79 Å². The van der Waals surface area contributed by atoms with E-state index in [1.165, 1.54) is 6.92 Å². The van der Waals surface area contributed by atoms with Gasteiger partial charge in [-0.05, 0) is 93.3 Å². The van der Waals surface area contributed by atoms with E-state index in [2.05, 4.69) is 26.8 Å². The molecule has 9 rings (SSSR count). The maximum absolute atomic E-state index is 14.9. The van der Waals surface area contributed by atoms with E-state index in [1.807, 2.05) is 13.0 Å². The third kappa shape index (κ3) is 9.22. The molecular weight excluding hydrogens is 993 g/mol. The molecule has 3 saturated carbocycles. The quantitative estimate of drug-likeness (QED) is 0.0569. The van der Waals surface area contributed by atoms with Crippen LogP contribution in [0.15, 0.2) is 23.3 Å². The fraction of sp³-hybridized carbons (Fsp3) is 0.885. The van der Waals surface area contributed by atoms with E-state index in [0.717, 1.165) is 23.9 Å². The van der Waals surface area contributed by atoms with Crippen LogP contribution in [-0.2, 0) is 47.5 Å². The standard InChI is InChI=1S/C52H80O23/c1-21-9-12-52(14-13-50(5)23(24(52)15-21)7-8-30-48(3)16-25(55)42(66)49(4,20-54)29(48)10-11-51(30,50)6)47(67)75-45-37(63)34(60)33(59)28(72-45)19-69-43-38(64)35(61)40(27(17-53)71-43)73-46-39(65)41(31(57)22(2)70-46)74-44-36(62)32(58)26(56)18-68-44/h7,9,20,22,24-46,53,55-66H,8,10-19H2,1-6H3. The Labute approximate surface area is 434 Å². The van der Waals surface area contributed by atoms with E-state index in [0.29, 0.717) is 44.9 Å². The lowest BCUT2D eigenvalue weighted by Gasteiger charge is -2.70. The number of aliphatic hydroxyl groups is 13. The Hall–Kier alpha value is -2.18. The molecule has 7 fully saturated rings. The minimum Gasteiger partial charge on any atom is -0.432 e. The highest BCUT2D eigenvalue weighted by atomic mass is 16.8. The molecule has 0 bridgehead atoms. The van der Waals surface area contributed by atoms with E-state index < -0.39 is 176 Å². The van der Waals surface area contributed by atoms with Crippen molar-refractivity contribution in [3.05, 3.63) is 23.3 Å². The highest BCUT2D eigenvalue weighted by Gasteiger charge is 2.71. The summed E-state index contributed by atoms with van der Waals surface area (Å²) in [6.07, 6.45) is -24.9. The Bertz CT molecular complexity index is 2150. The molecule has 0 aromatic rings. The fourth-order valence-corrected chi connectivity index (χ4v) is 15.5. The molecule has 0 spiro atoms. The van der Waals surface area contributed by atoms with Crippen molar-refractivity contribution in [3.8, 4) is 0 Å². The summed E-state index contributed by atoms with van der Waals surface area (Å²) in [5, 5.41) is 141. The second kappa shape index (κ2) is 21.0. The predicted octanol–water partition coefficient (Wildman–Crippen LogP) is -2.69. The van der Waals surface area contributed by atoms with Gasteiger partial charge >= 0.3 is 5.97 Å². The summed E-state index contributed by atoms with van der Waals surface area (Å²) < 4.78 is 46.0. The lowest BCUT2D eigenvalue weighted by atomic mass is 9.33. The Balaban J connectivity index is 0.867. The number of hydrogen-bond acceptors (Lipinski definition) is 23. The van der Waals surface area contributed by atoms with Crippen LogP contribution >= 0.6 is 0 Å². The molecule has 426 valence electrons. The Morgan fingerprint density at radius 3 is 2.07 bits per heavy atom. The minimum atomic E-state index is -1.95. The van der Waals surface area contributed by atoms with Crippen LogP contribution in [0.25, 0.3) is 0 Å². The van der Waals surface area contributed by atoms with Crippen molar-refractivity contribution in [1.82, 2.24) is 0 Å². The monoisotopic (exact) mass is 1070 g/mol. The van der Waals surface area contributed by atoms with Crippen LogP contribution < -0.4 is 0 Å². The van der Waals surface area contributed by atoms with Crippen molar-refractivity contribution in [2.75, 3.05) is 19.8 Å². The zero-order valence-electron chi connectivity index (χ0n) is 43.3. The van der Waals surface area contributed by atoms with Gasteiger partial charge in [-0.2, -0.15) is 0 Å². The van der Waals surface area contributed by atoms with Gasteiger partial charge in [0.05, 0.1) is 49.0 Å². The van der Waals surface area contributed by atoms with Gasteiger partial charge in [-0.15, -0.1) is 0 Å². The van der Waals surface area contributed by atoms with Gasteiger partial charge in [0.2, 0.25) is 6.29 Å². The van der Waals surface area contributed by atoms with Crippen LogP contribution in [-0.4, -0.2) is 227 Å². The molecule has 23 heteroatoms. The topological polar surface area (TPSA) is 371 Å². The number of ether oxygens (including phenoxy) is 8. The fourth-order valence-electron chi connectivity index (χ4n) is 15.5. The first kappa shape index (κ1) is 57.5. The second-order valence-corrected chi connectivity index (χ2v) is 24.3. The zero-order valence-corrected chi connectivity index (χ0v) is 43.3. The van der Waals surface area contributed by atoms with Crippen LogP contribution in [0.1, 0.15) is 92.9 Å². The van der Waals surface area contributed by atoms with Gasteiger partial charge in [-0.25, -0.2) is 0 Å². The Kier molecular flexibility index (Phi) is 16.1. The van der Waals surface area contributed by atoms with Gasteiger partial charge in [0.25, 0.3) is 0 Å². The van der Waals surface area contributed by atoms with Gasteiger partial charge in [0, 0.05) is 5.92 Å². The number of hydrogen-bond donors (Lipinski definition) is 13. The summed E-state index contributed by atoms with van der Waals surface area (Å²) in [5.74, 6) is -1.08. The molecule has 4 heterocycles. The van der Waals surface area contributed by atoms with E-state index in [4.69, 9.17) is 37.9 Å². The largest absolute Gasteiger partial charge is 0.432 e. The van der Waals surface area contributed by atoms with Crippen LogP contribution in [0.2, 0.25) is 0 Å². The number of carbonyl (C=O) groups is 2. The van der Waals surface area contributed by atoms with Crippen molar-refractivity contribution in [2.45, 2.75) is 222 Å². The first-order chi connectivity index (χ1) is 35.2. The average molecular weight is 1070 g/mol. The summed E-state index contributed by atoms with van der Waals surface area (Å²) in [6, 6.07) is 0. The molecule has 29 atom stereocenters.